The monoisotopic (exact) mass is 190 g/mol. The molecule has 0 aromatic rings. The van der Waals surface area contributed by atoms with E-state index in [4.69, 9.17) is 0 Å². The van der Waals surface area contributed by atoms with E-state index >= 15 is 0 Å². The highest BCUT2D eigenvalue weighted by Gasteiger charge is 2.29. The number of nitrogens with zero attached hydrogens (tertiary/aromatic N) is 1. The first kappa shape index (κ1) is 9.81. The minimum Gasteiger partial charge on any atom is -0.342 e. The van der Waals surface area contributed by atoms with Gasteiger partial charge in [-0.15, -0.1) is 12.4 Å². The molecule has 2 rings (SSSR count). The van der Waals surface area contributed by atoms with Gasteiger partial charge < -0.3 is 10.2 Å². The van der Waals surface area contributed by atoms with E-state index in [2.05, 4.69) is 5.32 Å². The Morgan fingerprint density at radius 2 is 2.17 bits per heavy atom. The lowest BCUT2D eigenvalue weighted by Crippen LogP contribution is -2.45. The van der Waals surface area contributed by atoms with E-state index in [0.717, 1.165) is 32.6 Å². The van der Waals surface area contributed by atoms with Crippen molar-refractivity contribution in [3.8, 4) is 0 Å². The van der Waals surface area contributed by atoms with Crippen LogP contribution in [0.1, 0.15) is 12.8 Å². The maximum absolute atomic E-state index is 11.5. The van der Waals surface area contributed by atoms with E-state index < -0.39 is 0 Å². The lowest BCUT2D eigenvalue weighted by atomic mass is 10.1. The molecule has 3 nitrogen and oxygen atoms in total. The van der Waals surface area contributed by atoms with Crippen LogP contribution < -0.4 is 5.32 Å². The summed E-state index contributed by atoms with van der Waals surface area (Å²) in [5, 5.41) is 3.21. The average Bonchev–Trinajstić information content (AvgIpc) is 2.32. The first-order valence-electron chi connectivity index (χ1n) is 4.37. The van der Waals surface area contributed by atoms with Gasteiger partial charge in [0, 0.05) is 19.6 Å². The van der Waals surface area contributed by atoms with Crippen LogP contribution in [-0.4, -0.2) is 37.0 Å². The van der Waals surface area contributed by atoms with Crippen molar-refractivity contribution in [1.29, 1.82) is 0 Å². The standard InChI is InChI=1S/C8H14N2O.ClH/c11-8(10-4-1-5-10)7-2-3-9-6-7;/h7,9H,1-6H2;1H. The largest absolute Gasteiger partial charge is 0.342 e. The van der Waals surface area contributed by atoms with Gasteiger partial charge in [-0.2, -0.15) is 0 Å². The molecule has 0 bridgehead atoms. The van der Waals surface area contributed by atoms with E-state index in [1.807, 2.05) is 4.90 Å². The predicted molar refractivity (Wildman–Crippen MR) is 49.4 cm³/mol. The third-order valence-electron chi connectivity index (χ3n) is 2.58. The van der Waals surface area contributed by atoms with Gasteiger partial charge in [0.1, 0.15) is 0 Å². The maximum Gasteiger partial charge on any atom is 0.227 e. The van der Waals surface area contributed by atoms with Crippen LogP contribution in [0.3, 0.4) is 0 Å². The zero-order valence-electron chi connectivity index (χ0n) is 7.08. The Kier molecular flexibility index (Phi) is 3.35. The fourth-order valence-electron chi connectivity index (χ4n) is 1.66. The molecule has 0 saturated carbocycles. The van der Waals surface area contributed by atoms with Crippen LogP contribution in [0.2, 0.25) is 0 Å². The summed E-state index contributed by atoms with van der Waals surface area (Å²) in [4.78, 5) is 13.5. The van der Waals surface area contributed by atoms with E-state index in [9.17, 15) is 4.79 Å². The van der Waals surface area contributed by atoms with Crippen LogP contribution in [-0.2, 0) is 4.79 Å². The number of likely N-dealkylation sites (tertiary alicyclic amines) is 1. The molecule has 70 valence electrons. The highest BCUT2D eigenvalue weighted by atomic mass is 35.5. The van der Waals surface area contributed by atoms with Gasteiger partial charge in [0.25, 0.3) is 0 Å². The van der Waals surface area contributed by atoms with Crippen LogP contribution in [0.4, 0.5) is 0 Å². The molecule has 2 aliphatic rings. The molecular formula is C8H15ClN2O. The first-order valence-corrected chi connectivity index (χ1v) is 4.37. The van der Waals surface area contributed by atoms with E-state index in [-0.39, 0.29) is 18.3 Å². The smallest absolute Gasteiger partial charge is 0.227 e. The topological polar surface area (TPSA) is 32.3 Å². The number of nitrogens with one attached hydrogen (secondary N) is 1. The number of hydrogen-bond donors (Lipinski definition) is 1. The summed E-state index contributed by atoms with van der Waals surface area (Å²) in [7, 11) is 0. The second-order valence-corrected chi connectivity index (χ2v) is 3.37. The predicted octanol–water partition coefficient (Wildman–Crippen LogP) is 0.250. The van der Waals surface area contributed by atoms with Gasteiger partial charge in [0.05, 0.1) is 5.92 Å². The molecular weight excluding hydrogens is 176 g/mol. The SMILES string of the molecule is Cl.O=C(C1CCNC1)N1CCC1. The Hall–Kier alpha value is -0.280. The van der Waals surface area contributed by atoms with Crippen LogP contribution in [0.5, 0.6) is 0 Å². The van der Waals surface area contributed by atoms with Crippen molar-refractivity contribution in [1.82, 2.24) is 10.2 Å². The maximum atomic E-state index is 11.5. The van der Waals surface area contributed by atoms with Gasteiger partial charge in [-0.25, -0.2) is 0 Å². The van der Waals surface area contributed by atoms with Crippen molar-refractivity contribution in [3.63, 3.8) is 0 Å². The minimum atomic E-state index is 0. The van der Waals surface area contributed by atoms with Gasteiger partial charge in [0.2, 0.25) is 5.91 Å². The molecule has 12 heavy (non-hydrogen) atoms. The lowest BCUT2D eigenvalue weighted by molar-refractivity contribution is -0.138. The molecule has 0 spiro atoms. The van der Waals surface area contributed by atoms with E-state index in [0.29, 0.717) is 5.91 Å². The van der Waals surface area contributed by atoms with Crippen molar-refractivity contribution in [2.75, 3.05) is 26.2 Å². The number of amides is 1. The molecule has 1 N–H and O–H groups in total. The summed E-state index contributed by atoms with van der Waals surface area (Å²) in [5.74, 6) is 0.663. The molecule has 0 aromatic heterocycles. The molecule has 2 fully saturated rings. The van der Waals surface area contributed by atoms with Crippen molar-refractivity contribution in [3.05, 3.63) is 0 Å². The molecule has 1 atom stereocenters. The van der Waals surface area contributed by atoms with Crippen LogP contribution in [0.25, 0.3) is 0 Å². The average molecular weight is 191 g/mol. The summed E-state index contributed by atoms with van der Waals surface area (Å²) >= 11 is 0. The number of carbonyl (C=O) groups excluding carboxylic acids is 1. The number of halogens is 1. The van der Waals surface area contributed by atoms with E-state index in [1.54, 1.807) is 0 Å². The fraction of sp³-hybridized carbons (Fsp3) is 0.875. The summed E-state index contributed by atoms with van der Waals surface area (Å²) in [6, 6.07) is 0. The van der Waals surface area contributed by atoms with Crippen molar-refractivity contribution < 1.29 is 4.79 Å². The lowest BCUT2D eigenvalue weighted by Gasteiger charge is -2.32. The number of carbonyl (C=O) groups is 1. The molecule has 1 amide bonds. The Bertz CT molecular complexity index is 164. The molecule has 4 heteroatoms. The second-order valence-electron chi connectivity index (χ2n) is 3.37. The van der Waals surface area contributed by atoms with E-state index in [1.165, 1.54) is 6.42 Å². The van der Waals surface area contributed by atoms with Crippen LogP contribution in [0.15, 0.2) is 0 Å². The second kappa shape index (κ2) is 4.10. The van der Waals surface area contributed by atoms with Crippen LogP contribution >= 0.6 is 12.4 Å². The molecule has 2 aliphatic heterocycles. The normalized spacial score (nSPS) is 27.7. The highest BCUT2D eigenvalue weighted by molar-refractivity contribution is 5.85. The summed E-state index contributed by atoms with van der Waals surface area (Å²) in [6.07, 6.45) is 2.24. The summed E-state index contributed by atoms with van der Waals surface area (Å²) in [6.45, 7) is 3.91. The minimum absolute atomic E-state index is 0. The third kappa shape index (κ3) is 1.72. The molecule has 2 heterocycles. The highest BCUT2D eigenvalue weighted by Crippen LogP contribution is 2.15. The molecule has 0 aliphatic carbocycles. The van der Waals surface area contributed by atoms with Gasteiger partial charge in [0.15, 0.2) is 0 Å². The van der Waals surface area contributed by atoms with Gasteiger partial charge >= 0.3 is 0 Å². The third-order valence-corrected chi connectivity index (χ3v) is 2.58. The van der Waals surface area contributed by atoms with Gasteiger partial charge in [-0.05, 0) is 19.4 Å². The first-order chi connectivity index (χ1) is 5.38. The molecule has 0 radical (unpaired) electrons. The van der Waals surface area contributed by atoms with Crippen molar-refractivity contribution >= 4 is 18.3 Å². The summed E-state index contributed by atoms with van der Waals surface area (Å²) in [5.41, 5.74) is 0. The Labute approximate surface area is 78.9 Å². The molecule has 2 saturated heterocycles. The Morgan fingerprint density at radius 3 is 2.58 bits per heavy atom. The number of rotatable bonds is 1. The Balaban J connectivity index is 0.000000720. The zero-order chi connectivity index (χ0) is 7.68. The van der Waals surface area contributed by atoms with Gasteiger partial charge in [-0.3, -0.25) is 4.79 Å². The van der Waals surface area contributed by atoms with Crippen LogP contribution in [0, 0.1) is 5.92 Å². The van der Waals surface area contributed by atoms with Gasteiger partial charge in [-0.1, -0.05) is 0 Å². The quantitative estimate of drug-likeness (QED) is 0.643. The van der Waals surface area contributed by atoms with Crippen molar-refractivity contribution in [2.24, 2.45) is 5.92 Å². The molecule has 1 unspecified atom stereocenters. The Morgan fingerprint density at radius 1 is 1.42 bits per heavy atom. The fourth-order valence-corrected chi connectivity index (χ4v) is 1.66. The zero-order valence-corrected chi connectivity index (χ0v) is 7.90. The van der Waals surface area contributed by atoms with Crippen molar-refractivity contribution in [2.45, 2.75) is 12.8 Å². The summed E-state index contributed by atoms with van der Waals surface area (Å²) < 4.78 is 0. The number of hydrogen-bond acceptors (Lipinski definition) is 2. The molecule has 0 aromatic carbocycles.